The number of likely N-dealkylation sites (tertiary alicyclic amines) is 1. The first-order valence-electron chi connectivity index (χ1n) is 16.7. The van der Waals surface area contributed by atoms with Gasteiger partial charge in [0.2, 0.25) is 9.84 Å². The normalized spacial score (nSPS) is 20.1. The number of rotatable bonds is 9. The number of halogens is 3. The average Bonchev–Trinajstić information content (AvgIpc) is 3.07. The van der Waals surface area contributed by atoms with Crippen LogP contribution in [0.15, 0.2) is 58.5 Å². The Bertz CT molecular complexity index is 1620. The van der Waals surface area contributed by atoms with Crippen molar-refractivity contribution in [1.82, 2.24) is 19.7 Å². The molecule has 3 aromatic rings. The molecule has 6 rings (SSSR count). The summed E-state index contributed by atoms with van der Waals surface area (Å²) in [5.74, 6) is 0.124. The minimum Gasteiger partial charge on any atom is -0.494 e. The van der Waals surface area contributed by atoms with E-state index >= 15 is 0 Å². The summed E-state index contributed by atoms with van der Waals surface area (Å²) in [6.45, 7) is 13.2. The van der Waals surface area contributed by atoms with E-state index in [1.54, 1.807) is 12.1 Å². The topological polar surface area (TPSA) is 78.4 Å². The molecule has 0 atom stereocenters. The van der Waals surface area contributed by atoms with Gasteiger partial charge in [0.05, 0.1) is 22.7 Å². The van der Waals surface area contributed by atoms with Gasteiger partial charge in [-0.15, -0.1) is 13.2 Å². The number of nitrogens with zero attached hydrogens (tertiary/aromatic N) is 5. The molecule has 0 unspecified atom stereocenters. The van der Waals surface area contributed by atoms with E-state index in [1.807, 2.05) is 11.8 Å². The third-order valence-electron chi connectivity index (χ3n) is 9.91. The van der Waals surface area contributed by atoms with Crippen molar-refractivity contribution < 1.29 is 31.1 Å². The van der Waals surface area contributed by atoms with Gasteiger partial charge in [-0.1, -0.05) is 6.92 Å². The van der Waals surface area contributed by atoms with E-state index in [0.717, 1.165) is 45.6 Å². The molecule has 0 bridgehead atoms. The summed E-state index contributed by atoms with van der Waals surface area (Å²) in [6, 6.07) is 11.1. The number of hydrogen-bond donors (Lipinski definition) is 0. The number of benzene rings is 2. The molecule has 0 saturated carbocycles. The van der Waals surface area contributed by atoms with E-state index in [9.17, 15) is 21.6 Å². The maximum absolute atomic E-state index is 14.1. The highest BCUT2D eigenvalue weighted by Gasteiger charge is 2.35. The van der Waals surface area contributed by atoms with E-state index < -0.39 is 21.9 Å². The molecule has 3 aliphatic rings. The fourth-order valence-electron chi connectivity index (χ4n) is 7.39. The van der Waals surface area contributed by atoms with Gasteiger partial charge in [-0.05, 0) is 94.7 Å². The molecule has 0 N–H and O–H groups in total. The smallest absolute Gasteiger partial charge is 0.494 e. The molecule has 0 radical (unpaired) electrons. The van der Waals surface area contributed by atoms with Crippen LogP contribution in [0.4, 0.5) is 18.9 Å². The lowest BCUT2D eigenvalue weighted by Crippen LogP contribution is -2.56. The van der Waals surface area contributed by atoms with E-state index in [-0.39, 0.29) is 9.79 Å². The first-order valence-corrected chi connectivity index (χ1v) is 18.2. The lowest BCUT2D eigenvalue weighted by atomic mass is 9.99. The van der Waals surface area contributed by atoms with Crippen molar-refractivity contribution in [1.29, 1.82) is 0 Å². The summed E-state index contributed by atoms with van der Waals surface area (Å²) in [4.78, 5) is 14.1. The first kappa shape index (κ1) is 33.8. The summed E-state index contributed by atoms with van der Waals surface area (Å²) < 4.78 is 77.5. The first-order chi connectivity index (χ1) is 22.6. The number of pyridine rings is 1. The summed E-state index contributed by atoms with van der Waals surface area (Å²) in [6.07, 6.45) is 0.528. The fraction of sp³-hybridized carbons (Fsp3) is 0.559. The Morgan fingerprint density at radius 3 is 1.94 bits per heavy atom. The molecule has 3 saturated heterocycles. The van der Waals surface area contributed by atoms with Gasteiger partial charge in [-0.2, -0.15) is 0 Å². The summed E-state index contributed by atoms with van der Waals surface area (Å²) in [5, 5.41) is 0.306. The van der Waals surface area contributed by atoms with Crippen molar-refractivity contribution in [2.45, 2.75) is 67.8 Å². The molecule has 47 heavy (non-hydrogen) atoms. The molecule has 9 nitrogen and oxygen atoms in total. The minimum atomic E-state index is -4.89. The quantitative estimate of drug-likeness (QED) is 0.295. The van der Waals surface area contributed by atoms with Crippen molar-refractivity contribution in [3.8, 4) is 11.5 Å². The van der Waals surface area contributed by atoms with Crippen LogP contribution in [0.1, 0.15) is 39.5 Å². The zero-order valence-electron chi connectivity index (χ0n) is 27.1. The van der Waals surface area contributed by atoms with Crippen molar-refractivity contribution in [2.75, 3.05) is 70.4 Å². The molecule has 0 amide bonds. The molecule has 3 fully saturated rings. The van der Waals surface area contributed by atoms with Crippen LogP contribution in [-0.4, -0.2) is 112 Å². The van der Waals surface area contributed by atoms with Crippen LogP contribution in [0.5, 0.6) is 11.5 Å². The average molecular weight is 676 g/mol. The van der Waals surface area contributed by atoms with Gasteiger partial charge in [0.25, 0.3) is 0 Å². The number of aromatic nitrogens is 1. The number of piperazine rings is 1. The van der Waals surface area contributed by atoms with E-state index in [1.165, 1.54) is 62.5 Å². The number of ether oxygens (including phenoxy) is 2. The van der Waals surface area contributed by atoms with Crippen molar-refractivity contribution in [2.24, 2.45) is 0 Å². The zero-order chi connectivity index (χ0) is 33.2. The second-order valence-corrected chi connectivity index (χ2v) is 14.5. The Balaban J connectivity index is 1.23. The van der Waals surface area contributed by atoms with Gasteiger partial charge in [0.1, 0.15) is 16.4 Å². The number of anilines is 1. The lowest BCUT2D eigenvalue weighted by molar-refractivity contribution is -0.274. The third kappa shape index (κ3) is 7.63. The maximum atomic E-state index is 14.1. The number of sulfone groups is 1. The molecule has 0 spiro atoms. The zero-order valence-corrected chi connectivity index (χ0v) is 27.9. The number of piperidine rings is 2. The molecular weight excluding hydrogens is 631 g/mol. The highest BCUT2D eigenvalue weighted by molar-refractivity contribution is 7.91. The van der Waals surface area contributed by atoms with Crippen LogP contribution in [-0.2, 0) is 9.84 Å². The highest BCUT2D eigenvalue weighted by atomic mass is 32.2. The fourth-order valence-corrected chi connectivity index (χ4v) is 8.82. The van der Waals surface area contributed by atoms with Crippen LogP contribution in [0.3, 0.4) is 0 Å². The van der Waals surface area contributed by atoms with Gasteiger partial charge in [0.15, 0.2) is 0 Å². The van der Waals surface area contributed by atoms with Gasteiger partial charge >= 0.3 is 6.36 Å². The van der Waals surface area contributed by atoms with E-state index in [0.29, 0.717) is 54.1 Å². The summed E-state index contributed by atoms with van der Waals surface area (Å²) in [7, 11) is -4.09. The largest absolute Gasteiger partial charge is 0.573 e. The van der Waals surface area contributed by atoms with Gasteiger partial charge in [0, 0.05) is 62.9 Å². The molecular formula is C34H44F3N5O4S. The maximum Gasteiger partial charge on any atom is 0.573 e. The Hall–Kier alpha value is -3.13. The monoisotopic (exact) mass is 675 g/mol. The van der Waals surface area contributed by atoms with Crippen LogP contribution in [0, 0.1) is 0 Å². The Kier molecular flexibility index (Phi) is 10.2. The van der Waals surface area contributed by atoms with Crippen molar-refractivity contribution >= 4 is 26.4 Å². The van der Waals surface area contributed by atoms with Crippen LogP contribution < -0.4 is 14.4 Å². The lowest BCUT2D eigenvalue weighted by Gasteiger charge is -2.46. The van der Waals surface area contributed by atoms with Gasteiger partial charge in [-0.25, -0.2) is 8.42 Å². The van der Waals surface area contributed by atoms with Crippen LogP contribution >= 0.6 is 0 Å². The highest BCUT2D eigenvalue weighted by Crippen LogP contribution is 2.40. The summed E-state index contributed by atoms with van der Waals surface area (Å²) in [5.41, 5.74) is 0.751. The van der Waals surface area contributed by atoms with Crippen molar-refractivity contribution in [3.63, 3.8) is 0 Å². The van der Waals surface area contributed by atoms with E-state index in [2.05, 4.69) is 31.3 Å². The molecule has 3 aliphatic heterocycles. The second-order valence-electron chi connectivity index (χ2n) is 12.6. The molecule has 0 aliphatic carbocycles. The molecule has 1 aromatic heterocycles. The predicted molar refractivity (Wildman–Crippen MR) is 175 cm³/mol. The van der Waals surface area contributed by atoms with Gasteiger partial charge < -0.3 is 19.3 Å². The van der Waals surface area contributed by atoms with E-state index in [4.69, 9.17) is 4.74 Å². The molecule has 2 aromatic carbocycles. The summed E-state index contributed by atoms with van der Waals surface area (Å²) >= 11 is 0. The van der Waals surface area contributed by atoms with Crippen LogP contribution in [0.25, 0.3) is 10.9 Å². The number of fused-ring (bicyclic) bond motifs is 1. The Morgan fingerprint density at radius 1 is 0.809 bits per heavy atom. The second kappa shape index (κ2) is 14.2. The third-order valence-corrected chi connectivity index (χ3v) is 11.7. The standard InChI is InChI=1S/C34H44F3N5O4S/c1-3-39-15-11-25(12-16-39)40-19-21-41(22-20-40)26-13-17-42(18-14-26)33-30-23-28(46-34(35,36)37)7-10-31(30)38-24-32(33)47(43,44)29-8-5-27(6-9-29)45-4-2/h5-10,23-26H,3-4,11-22H2,1-2H3. The Morgan fingerprint density at radius 2 is 1.38 bits per heavy atom. The molecule has 256 valence electrons. The minimum absolute atomic E-state index is 0.0421. The van der Waals surface area contributed by atoms with Crippen molar-refractivity contribution in [3.05, 3.63) is 48.7 Å². The van der Waals surface area contributed by atoms with Crippen LogP contribution in [0.2, 0.25) is 0 Å². The SMILES string of the molecule is CCOc1ccc(S(=O)(=O)c2cnc3ccc(OC(F)(F)F)cc3c2N2CCC(N3CCN(C4CCN(CC)CC4)CC3)CC2)cc1. The molecule has 4 heterocycles. The predicted octanol–water partition coefficient (Wildman–Crippen LogP) is 5.44. The van der Waals surface area contributed by atoms with Gasteiger partial charge in [-0.3, -0.25) is 14.8 Å². The number of hydrogen-bond acceptors (Lipinski definition) is 9. The number of alkyl halides is 3. The Labute approximate surface area is 275 Å². The molecule has 13 heteroatoms.